The van der Waals surface area contributed by atoms with Crippen molar-refractivity contribution in [2.75, 3.05) is 21.3 Å². The summed E-state index contributed by atoms with van der Waals surface area (Å²) in [6, 6.07) is 15.9. The van der Waals surface area contributed by atoms with Gasteiger partial charge in [0.2, 0.25) is 5.75 Å². The van der Waals surface area contributed by atoms with Crippen molar-refractivity contribution < 1.29 is 14.2 Å². The first-order valence-electron chi connectivity index (χ1n) is 8.07. The number of methoxy groups -OCH3 is 3. The number of benzene rings is 2. The minimum Gasteiger partial charge on any atom is -0.493 e. The summed E-state index contributed by atoms with van der Waals surface area (Å²) in [5, 5.41) is 0.911. The predicted molar refractivity (Wildman–Crippen MR) is 102 cm³/mol. The fourth-order valence-corrected chi connectivity index (χ4v) is 3.37. The van der Waals surface area contributed by atoms with Crippen LogP contribution >= 0.6 is 11.8 Å². The Hall–Kier alpha value is -2.73. The molecular formula is C20H20N2O3S. The number of hydrogen-bond donors (Lipinski definition) is 0. The quantitative estimate of drug-likeness (QED) is 0.581. The maximum atomic E-state index is 5.41. The van der Waals surface area contributed by atoms with E-state index in [9.17, 15) is 0 Å². The van der Waals surface area contributed by atoms with Crippen molar-refractivity contribution in [3.63, 3.8) is 0 Å². The Kier molecular flexibility index (Phi) is 5.96. The lowest BCUT2D eigenvalue weighted by molar-refractivity contribution is 0.324. The largest absolute Gasteiger partial charge is 0.493 e. The van der Waals surface area contributed by atoms with Crippen molar-refractivity contribution in [2.45, 2.75) is 16.3 Å². The summed E-state index contributed by atoms with van der Waals surface area (Å²) in [5.74, 6) is 2.56. The zero-order chi connectivity index (χ0) is 18.4. The summed E-state index contributed by atoms with van der Waals surface area (Å²) in [6.07, 6.45) is 2.35. The van der Waals surface area contributed by atoms with Gasteiger partial charge >= 0.3 is 0 Å². The number of hydrogen-bond acceptors (Lipinski definition) is 6. The maximum absolute atomic E-state index is 5.41. The van der Waals surface area contributed by atoms with E-state index in [4.69, 9.17) is 14.2 Å². The van der Waals surface area contributed by atoms with Crippen molar-refractivity contribution in [2.24, 2.45) is 0 Å². The molecule has 3 aromatic rings. The van der Waals surface area contributed by atoms with E-state index >= 15 is 0 Å². The highest BCUT2D eigenvalue weighted by atomic mass is 32.2. The fourth-order valence-electron chi connectivity index (χ4n) is 2.55. The molecule has 0 saturated heterocycles. The van der Waals surface area contributed by atoms with Gasteiger partial charge in [0, 0.05) is 17.5 Å². The molecule has 6 heteroatoms. The van der Waals surface area contributed by atoms with Gasteiger partial charge in [0.25, 0.3) is 0 Å². The minimum absolute atomic E-state index is 0.569. The highest BCUT2D eigenvalue weighted by Crippen LogP contribution is 2.38. The van der Waals surface area contributed by atoms with Crippen molar-refractivity contribution in [3.05, 3.63) is 66.1 Å². The first-order chi connectivity index (χ1) is 12.7. The molecule has 0 aliphatic heterocycles. The summed E-state index contributed by atoms with van der Waals surface area (Å²) >= 11 is 1.61. The molecule has 0 spiro atoms. The second-order valence-electron chi connectivity index (χ2n) is 5.44. The van der Waals surface area contributed by atoms with E-state index in [1.165, 1.54) is 0 Å². The topological polar surface area (TPSA) is 53.5 Å². The molecule has 0 unspecified atom stereocenters. The lowest BCUT2D eigenvalue weighted by Gasteiger charge is -2.14. The van der Waals surface area contributed by atoms with Crippen LogP contribution in [0.5, 0.6) is 17.2 Å². The van der Waals surface area contributed by atoms with Gasteiger partial charge in [-0.3, -0.25) is 0 Å². The molecule has 0 saturated carbocycles. The average Bonchev–Trinajstić information content (AvgIpc) is 2.68. The molecule has 3 rings (SSSR count). The van der Waals surface area contributed by atoms with Crippen LogP contribution in [0.3, 0.4) is 0 Å². The van der Waals surface area contributed by atoms with Crippen molar-refractivity contribution >= 4 is 11.8 Å². The van der Waals surface area contributed by atoms with E-state index < -0.39 is 0 Å². The molecule has 0 atom stereocenters. The number of rotatable bonds is 7. The second kappa shape index (κ2) is 8.58. The molecule has 0 amide bonds. The molecule has 0 aliphatic carbocycles. The summed E-state index contributed by atoms with van der Waals surface area (Å²) in [7, 11) is 4.80. The summed E-state index contributed by atoms with van der Waals surface area (Å²) in [6.45, 7) is 0. The first kappa shape index (κ1) is 18.1. The molecule has 0 N–H and O–H groups in total. The fraction of sp³-hybridized carbons (Fsp3) is 0.200. The molecule has 2 aromatic carbocycles. The van der Waals surface area contributed by atoms with Crippen LogP contribution in [0.25, 0.3) is 0 Å². The Bertz CT molecular complexity index is 847. The number of nitrogens with zero attached hydrogens (tertiary/aromatic N) is 2. The van der Waals surface area contributed by atoms with Crippen LogP contribution in [-0.4, -0.2) is 31.3 Å². The van der Waals surface area contributed by atoms with E-state index in [1.54, 1.807) is 39.3 Å². The summed E-state index contributed by atoms with van der Waals surface area (Å²) in [5.41, 5.74) is 0.987. The van der Waals surface area contributed by atoms with Gasteiger partial charge in [-0.25, -0.2) is 9.97 Å². The molecule has 134 valence electrons. The van der Waals surface area contributed by atoms with Crippen LogP contribution in [-0.2, 0) is 6.42 Å². The Morgan fingerprint density at radius 2 is 1.58 bits per heavy atom. The first-order valence-corrected chi connectivity index (χ1v) is 8.89. The van der Waals surface area contributed by atoms with Gasteiger partial charge in [0.05, 0.1) is 21.3 Å². The SMILES string of the molecule is COc1cc(Cc2nccc(Sc3ccccc3)n2)cc(OC)c1OC. The molecule has 0 radical (unpaired) electrons. The van der Waals surface area contributed by atoms with Crippen LogP contribution in [0.15, 0.2) is 64.6 Å². The van der Waals surface area contributed by atoms with Crippen LogP contribution in [0.2, 0.25) is 0 Å². The van der Waals surface area contributed by atoms with Crippen molar-refractivity contribution in [1.82, 2.24) is 9.97 Å². The van der Waals surface area contributed by atoms with Gasteiger partial charge in [-0.05, 0) is 35.9 Å². The zero-order valence-corrected chi connectivity index (χ0v) is 15.7. The second-order valence-corrected chi connectivity index (χ2v) is 6.53. The Balaban J connectivity index is 1.84. The van der Waals surface area contributed by atoms with E-state index in [0.717, 1.165) is 21.3 Å². The molecule has 1 heterocycles. The number of ether oxygens (including phenoxy) is 3. The predicted octanol–water partition coefficient (Wildman–Crippen LogP) is 4.24. The monoisotopic (exact) mass is 368 g/mol. The van der Waals surface area contributed by atoms with Gasteiger partial charge in [-0.15, -0.1) is 0 Å². The smallest absolute Gasteiger partial charge is 0.203 e. The maximum Gasteiger partial charge on any atom is 0.203 e. The van der Waals surface area contributed by atoms with Gasteiger partial charge in [-0.2, -0.15) is 0 Å². The third kappa shape index (κ3) is 4.26. The van der Waals surface area contributed by atoms with E-state index in [2.05, 4.69) is 22.1 Å². The van der Waals surface area contributed by atoms with Gasteiger partial charge < -0.3 is 14.2 Å². The standard InChI is InChI=1S/C20H20N2O3S/c1-23-16-11-14(12-17(24-2)20(16)25-3)13-18-21-10-9-19(22-18)26-15-7-5-4-6-8-15/h4-12H,13H2,1-3H3. The number of aromatic nitrogens is 2. The lowest BCUT2D eigenvalue weighted by Crippen LogP contribution is -2.00. The highest BCUT2D eigenvalue weighted by molar-refractivity contribution is 7.99. The normalized spacial score (nSPS) is 10.4. The molecule has 0 fully saturated rings. The van der Waals surface area contributed by atoms with Gasteiger partial charge in [-0.1, -0.05) is 30.0 Å². The van der Waals surface area contributed by atoms with Crippen molar-refractivity contribution in [1.29, 1.82) is 0 Å². The van der Waals surface area contributed by atoms with Crippen LogP contribution < -0.4 is 14.2 Å². The summed E-state index contributed by atoms with van der Waals surface area (Å²) in [4.78, 5) is 10.2. The van der Waals surface area contributed by atoms with Crippen LogP contribution in [0.4, 0.5) is 0 Å². The van der Waals surface area contributed by atoms with Crippen molar-refractivity contribution in [3.8, 4) is 17.2 Å². The third-order valence-corrected chi connectivity index (χ3v) is 4.68. The van der Waals surface area contributed by atoms with E-state index in [-0.39, 0.29) is 0 Å². The van der Waals surface area contributed by atoms with Gasteiger partial charge in [0.15, 0.2) is 11.5 Å². The highest BCUT2D eigenvalue weighted by Gasteiger charge is 2.14. The Morgan fingerprint density at radius 1 is 0.885 bits per heavy atom. The lowest BCUT2D eigenvalue weighted by atomic mass is 10.1. The van der Waals surface area contributed by atoms with Crippen LogP contribution in [0.1, 0.15) is 11.4 Å². The summed E-state index contributed by atoms with van der Waals surface area (Å²) < 4.78 is 16.2. The Labute approximate surface area is 157 Å². The molecule has 1 aromatic heterocycles. The average molecular weight is 368 g/mol. The minimum atomic E-state index is 0.569. The molecule has 0 bridgehead atoms. The van der Waals surface area contributed by atoms with E-state index in [1.807, 2.05) is 36.4 Å². The Morgan fingerprint density at radius 3 is 2.19 bits per heavy atom. The van der Waals surface area contributed by atoms with Crippen LogP contribution in [0, 0.1) is 0 Å². The molecule has 5 nitrogen and oxygen atoms in total. The molecular weight excluding hydrogens is 348 g/mol. The molecule has 0 aliphatic rings. The third-order valence-electron chi connectivity index (χ3n) is 3.73. The van der Waals surface area contributed by atoms with Gasteiger partial charge in [0.1, 0.15) is 10.9 Å². The van der Waals surface area contributed by atoms with E-state index in [0.29, 0.717) is 23.7 Å². The zero-order valence-electron chi connectivity index (χ0n) is 14.9. The molecule has 26 heavy (non-hydrogen) atoms.